The second kappa shape index (κ2) is 8.33. The largest absolute Gasteiger partial charge is 0.481 e. The van der Waals surface area contributed by atoms with Crippen LogP contribution in [0.15, 0.2) is 0 Å². The van der Waals surface area contributed by atoms with Gasteiger partial charge in [-0.05, 0) is 104 Å². The minimum Gasteiger partial charge on any atom is -0.481 e. The molecule has 0 bridgehead atoms. The van der Waals surface area contributed by atoms with E-state index >= 15 is 0 Å². The maximum absolute atomic E-state index is 12.6. The van der Waals surface area contributed by atoms with Gasteiger partial charge in [0, 0.05) is 0 Å². The van der Waals surface area contributed by atoms with Gasteiger partial charge in [-0.3, -0.25) is 4.79 Å². The first kappa shape index (κ1) is 23.6. The van der Waals surface area contributed by atoms with Crippen molar-refractivity contribution in [1.29, 1.82) is 0 Å². The Balaban J connectivity index is 1.54. The minimum atomic E-state index is -0.707. The third-order valence-electron chi connectivity index (χ3n) is 11.4. The Morgan fingerprint density at radius 2 is 1.68 bits per heavy atom. The van der Waals surface area contributed by atoms with Crippen molar-refractivity contribution >= 4 is 5.97 Å². The third kappa shape index (κ3) is 3.60. The highest BCUT2D eigenvalue weighted by Gasteiger charge is 2.67. The highest BCUT2D eigenvalue weighted by Crippen LogP contribution is 2.71. The highest BCUT2D eigenvalue weighted by molar-refractivity contribution is 5.76. The van der Waals surface area contributed by atoms with E-state index in [1.54, 1.807) is 0 Å². The molecule has 0 radical (unpaired) electrons. The van der Waals surface area contributed by atoms with Crippen molar-refractivity contribution in [3.05, 3.63) is 0 Å². The summed E-state index contributed by atoms with van der Waals surface area (Å²) in [7, 11) is 0. The zero-order chi connectivity index (χ0) is 22.6. The van der Waals surface area contributed by atoms with Gasteiger partial charge in [0.25, 0.3) is 0 Å². The van der Waals surface area contributed by atoms with Gasteiger partial charge in [-0.2, -0.15) is 0 Å². The SMILES string of the molecule is CC(C)CCCC(C)[C@H]1CC[C@H]2[C@@H]3CC[C@]4(C(=O)O)C[C@@H](O)CC[C@]4(C)[C@H]3CC[C@]12C. The summed E-state index contributed by atoms with van der Waals surface area (Å²) in [6, 6.07) is 0. The number of rotatable bonds is 6. The van der Waals surface area contributed by atoms with Gasteiger partial charge in [0.1, 0.15) is 0 Å². The van der Waals surface area contributed by atoms with E-state index in [9.17, 15) is 15.0 Å². The molecule has 0 saturated heterocycles. The second-order valence-corrected chi connectivity index (χ2v) is 13.1. The lowest BCUT2D eigenvalue weighted by molar-refractivity contribution is -0.202. The molecule has 31 heavy (non-hydrogen) atoms. The van der Waals surface area contributed by atoms with E-state index in [1.807, 2.05) is 0 Å². The Morgan fingerprint density at radius 1 is 0.935 bits per heavy atom. The maximum atomic E-state index is 12.6. The predicted octanol–water partition coefficient (Wildman–Crippen LogP) is 6.92. The van der Waals surface area contributed by atoms with Crippen molar-refractivity contribution in [2.24, 2.45) is 51.8 Å². The first-order valence-electron chi connectivity index (χ1n) is 13.5. The van der Waals surface area contributed by atoms with Gasteiger partial charge in [-0.25, -0.2) is 0 Å². The van der Waals surface area contributed by atoms with Gasteiger partial charge in [-0.15, -0.1) is 0 Å². The predicted molar refractivity (Wildman–Crippen MR) is 126 cm³/mol. The second-order valence-electron chi connectivity index (χ2n) is 13.1. The zero-order valence-corrected chi connectivity index (χ0v) is 20.8. The summed E-state index contributed by atoms with van der Waals surface area (Å²) in [5, 5.41) is 20.8. The Hall–Kier alpha value is -0.570. The molecule has 0 aromatic heterocycles. The molecule has 1 unspecified atom stereocenters. The van der Waals surface area contributed by atoms with Gasteiger partial charge in [-0.1, -0.05) is 53.9 Å². The monoisotopic (exact) mass is 432 g/mol. The van der Waals surface area contributed by atoms with Crippen LogP contribution in [0.5, 0.6) is 0 Å². The third-order valence-corrected chi connectivity index (χ3v) is 11.4. The molecule has 0 aliphatic heterocycles. The lowest BCUT2D eigenvalue weighted by Crippen LogP contribution is -2.62. The normalized spacial score (nSPS) is 48.0. The molecule has 0 aromatic rings. The fourth-order valence-electron chi connectivity index (χ4n) is 9.73. The molecule has 4 saturated carbocycles. The summed E-state index contributed by atoms with van der Waals surface area (Å²) < 4.78 is 0. The first-order valence-corrected chi connectivity index (χ1v) is 13.5. The number of aliphatic hydroxyl groups excluding tert-OH is 1. The van der Waals surface area contributed by atoms with E-state index in [0.717, 1.165) is 49.4 Å². The van der Waals surface area contributed by atoms with Crippen LogP contribution in [0.1, 0.15) is 112 Å². The van der Waals surface area contributed by atoms with E-state index in [-0.39, 0.29) is 5.41 Å². The van der Waals surface area contributed by atoms with E-state index in [2.05, 4.69) is 34.6 Å². The van der Waals surface area contributed by atoms with Crippen LogP contribution < -0.4 is 0 Å². The number of aliphatic carboxylic acids is 1. The number of carboxylic acids is 1. The van der Waals surface area contributed by atoms with E-state index in [4.69, 9.17) is 0 Å². The Kier molecular flexibility index (Phi) is 6.34. The van der Waals surface area contributed by atoms with Gasteiger partial charge in [0.05, 0.1) is 11.5 Å². The summed E-state index contributed by atoms with van der Waals surface area (Å²) in [4.78, 5) is 12.6. The van der Waals surface area contributed by atoms with Crippen molar-refractivity contribution in [3.8, 4) is 0 Å². The van der Waals surface area contributed by atoms with Gasteiger partial charge in [0.15, 0.2) is 0 Å². The number of aliphatic hydroxyl groups is 1. The van der Waals surface area contributed by atoms with E-state index < -0.39 is 17.5 Å². The molecule has 4 fully saturated rings. The van der Waals surface area contributed by atoms with Crippen molar-refractivity contribution in [2.75, 3.05) is 0 Å². The molecule has 4 aliphatic rings. The molecule has 4 rings (SSSR count). The Labute approximate surface area is 190 Å². The average molecular weight is 433 g/mol. The summed E-state index contributed by atoms with van der Waals surface area (Å²) in [5.41, 5.74) is -0.406. The van der Waals surface area contributed by atoms with Crippen molar-refractivity contribution in [2.45, 2.75) is 118 Å². The summed E-state index contributed by atoms with van der Waals surface area (Å²) in [5.74, 6) is 3.83. The molecule has 3 heteroatoms. The quantitative estimate of drug-likeness (QED) is 0.479. The highest BCUT2D eigenvalue weighted by atomic mass is 16.4. The van der Waals surface area contributed by atoms with Crippen LogP contribution in [-0.4, -0.2) is 22.3 Å². The van der Waals surface area contributed by atoms with Crippen LogP contribution in [0.25, 0.3) is 0 Å². The standard InChI is InChI=1S/C28H48O3/c1-18(2)7-6-8-19(3)22-9-10-23-21-12-16-28(25(30)31)17-20(29)11-15-27(28,5)24(21)13-14-26(22,23)4/h18-24,29H,6-17H2,1-5H3,(H,30,31)/t19?,20-,21-,22+,23-,24-,26+,27+,28+/m0/s1. The topological polar surface area (TPSA) is 57.5 Å². The van der Waals surface area contributed by atoms with Crippen LogP contribution in [0.3, 0.4) is 0 Å². The van der Waals surface area contributed by atoms with Gasteiger partial charge >= 0.3 is 5.97 Å². The molecule has 4 aliphatic carbocycles. The van der Waals surface area contributed by atoms with Crippen molar-refractivity contribution in [3.63, 3.8) is 0 Å². The van der Waals surface area contributed by atoms with Crippen LogP contribution in [0.4, 0.5) is 0 Å². The van der Waals surface area contributed by atoms with Crippen LogP contribution in [0.2, 0.25) is 0 Å². The molecule has 0 spiro atoms. The van der Waals surface area contributed by atoms with Crippen LogP contribution in [0, 0.1) is 51.8 Å². The number of carboxylic acid groups (broad SMARTS) is 1. The van der Waals surface area contributed by atoms with E-state index in [1.165, 1.54) is 44.9 Å². The molecule has 0 aromatic carbocycles. The number of hydrogen-bond acceptors (Lipinski definition) is 2. The van der Waals surface area contributed by atoms with Crippen LogP contribution >= 0.6 is 0 Å². The summed E-state index contributed by atoms with van der Waals surface area (Å²) in [6.07, 6.45) is 12.9. The molecular formula is C28H48O3. The minimum absolute atomic E-state index is 0.150. The Morgan fingerprint density at radius 3 is 2.35 bits per heavy atom. The molecule has 0 amide bonds. The first-order chi connectivity index (χ1) is 14.5. The number of carbonyl (C=O) groups is 1. The molecule has 178 valence electrons. The summed E-state index contributed by atoms with van der Waals surface area (Å²) in [6.45, 7) is 12.1. The lowest BCUT2D eigenvalue weighted by atomic mass is 9.39. The summed E-state index contributed by atoms with van der Waals surface area (Å²) >= 11 is 0. The van der Waals surface area contributed by atoms with E-state index in [0.29, 0.717) is 23.7 Å². The van der Waals surface area contributed by atoms with Crippen molar-refractivity contribution in [1.82, 2.24) is 0 Å². The number of hydrogen-bond donors (Lipinski definition) is 2. The number of fused-ring (bicyclic) bond motifs is 5. The molecule has 0 heterocycles. The molecule has 2 N–H and O–H groups in total. The molecule has 9 atom stereocenters. The van der Waals surface area contributed by atoms with Gasteiger partial charge in [0.2, 0.25) is 0 Å². The fourth-order valence-corrected chi connectivity index (χ4v) is 9.73. The average Bonchev–Trinajstić information content (AvgIpc) is 3.05. The zero-order valence-electron chi connectivity index (χ0n) is 20.8. The Bertz CT molecular complexity index is 673. The molecule has 3 nitrogen and oxygen atoms in total. The van der Waals surface area contributed by atoms with Crippen molar-refractivity contribution < 1.29 is 15.0 Å². The fraction of sp³-hybridized carbons (Fsp3) is 0.964. The maximum Gasteiger partial charge on any atom is 0.310 e. The van der Waals surface area contributed by atoms with Gasteiger partial charge < -0.3 is 10.2 Å². The smallest absolute Gasteiger partial charge is 0.310 e. The molecular weight excluding hydrogens is 384 g/mol. The lowest BCUT2D eigenvalue weighted by Gasteiger charge is -2.64. The van der Waals surface area contributed by atoms with Crippen LogP contribution in [-0.2, 0) is 4.79 Å².